The van der Waals surface area contributed by atoms with Crippen molar-refractivity contribution in [2.45, 2.75) is 57.1 Å². The van der Waals surface area contributed by atoms with Crippen molar-refractivity contribution in [2.24, 2.45) is 0 Å². The third kappa shape index (κ3) is 6.62. The van der Waals surface area contributed by atoms with Gasteiger partial charge in [-0.3, -0.25) is 14.4 Å². The molecule has 11 heteroatoms. The number of aldehydes is 1. The second kappa shape index (κ2) is 13.2. The summed E-state index contributed by atoms with van der Waals surface area (Å²) < 4.78 is 22.0. The van der Waals surface area contributed by atoms with Crippen LogP contribution in [0.25, 0.3) is 5.78 Å². The van der Waals surface area contributed by atoms with Crippen LogP contribution in [-0.4, -0.2) is 54.0 Å². The predicted octanol–water partition coefficient (Wildman–Crippen LogP) is 4.30. The number of nitrogens with zero attached hydrogens (tertiary/aromatic N) is 4. The average molecular weight is 591 g/mol. The van der Waals surface area contributed by atoms with Crippen LogP contribution in [0.1, 0.15) is 47.8 Å². The van der Waals surface area contributed by atoms with Crippen molar-refractivity contribution >= 4 is 34.8 Å². The van der Waals surface area contributed by atoms with E-state index in [2.05, 4.69) is 4.98 Å². The highest BCUT2D eigenvalue weighted by Crippen LogP contribution is 2.25. The van der Waals surface area contributed by atoms with Gasteiger partial charge in [0.1, 0.15) is 25.3 Å². The Hall–Kier alpha value is -4.25. The van der Waals surface area contributed by atoms with Crippen LogP contribution in [0.5, 0.6) is 5.75 Å². The molecule has 1 amide bonds. The van der Waals surface area contributed by atoms with Crippen molar-refractivity contribution in [3.63, 3.8) is 0 Å². The molecular weight excluding hydrogens is 559 g/mol. The number of fused-ring (bicyclic) bond motifs is 1. The number of benzene rings is 2. The molecule has 1 unspecified atom stereocenters. The average Bonchev–Trinajstić information content (AvgIpc) is 3.40. The summed E-state index contributed by atoms with van der Waals surface area (Å²) in [5, 5.41) is -1.43. The fourth-order valence-corrected chi connectivity index (χ4v) is 5.90. The Morgan fingerprint density at radius 2 is 1.86 bits per heavy atom. The summed E-state index contributed by atoms with van der Waals surface area (Å²) >= 11 is 0.720. The van der Waals surface area contributed by atoms with Crippen molar-refractivity contribution in [1.29, 1.82) is 0 Å². The summed E-state index contributed by atoms with van der Waals surface area (Å²) in [7, 11) is 0. The fourth-order valence-electron chi connectivity index (χ4n) is 5.05. The summed E-state index contributed by atoms with van der Waals surface area (Å²) in [6.07, 6.45) is 6.85. The number of carbonyl (C=O) groups excluding carboxylic acids is 3. The highest BCUT2D eigenvalue weighted by Gasteiger charge is 2.27. The Morgan fingerprint density at radius 1 is 1.10 bits per heavy atom. The Bertz CT molecular complexity index is 1640. The van der Waals surface area contributed by atoms with Crippen LogP contribution in [0.4, 0.5) is 4.39 Å². The largest absolute Gasteiger partial charge is 0.481 e. The standard InChI is InChI=1S/C31H31FN4O5S/c1-21-7-5-6-14-35(21)26(38)18-34-15-16-36-29(39)28(41-20-23-8-3-2-4-9-23)27(33-31(34)36)30(40)42-25(19-37)17-22-10-12-24(32)13-11-22/h2-4,8-13,15-16,19,21,25H,5-7,14,17-18,20H2,1H3/t21?,25-/m0/s1. The first kappa shape index (κ1) is 29.2. The van der Waals surface area contributed by atoms with E-state index in [9.17, 15) is 23.6 Å². The Balaban J connectivity index is 1.47. The van der Waals surface area contributed by atoms with Gasteiger partial charge >= 0.3 is 5.56 Å². The highest BCUT2D eigenvalue weighted by atomic mass is 32.2. The number of aromatic nitrogens is 3. The number of rotatable bonds is 10. The number of likely N-dealkylation sites (tertiary alicyclic amines) is 1. The van der Waals surface area contributed by atoms with Gasteiger partial charge < -0.3 is 19.0 Å². The third-order valence-corrected chi connectivity index (χ3v) is 8.30. The highest BCUT2D eigenvalue weighted by molar-refractivity contribution is 8.15. The lowest BCUT2D eigenvalue weighted by molar-refractivity contribution is -0.135. The van der Waals surface area contributed by atoms with Gasteiger partial charge in [0, 0.05) is 25.0 Å². The van der Waals surface area contributed by atoms with E-state index in [1.165, 1.54) is 22.7 Å². The Morgan fingerprint density at radius 3 is 2.57 bits per heavy atom. The van der Waals surface area contributed by atoms with E-state index < -0.39 is 21.7 Å². The number of piperidine rings is 1. The summed E-state index contributed by atoms with van der Waals surface area (Å²) in [5.41, 5.74) is 0.635. The van der Waals surface area contributed by atoms with Gasteiger partial charge in [-0.2, -0.15) is 0 Å². The monoisotopic (exact) mass is 590 g/mol. The number of ether oxygens (including phenoxy) is 1. The number of carbonyl (C=O) groups is 3. The number of hydrogen-bond donors (Lipinski definition) is 0. The van der Waals surface area contributed by atoms with Crippen LogP contribution in [0.3, 0.4) is 0 Å². The van der Waals surface area contributed by atoms with Crippen molar-refractivity contribution in [3.8, 4) is 5.75 Å². The maximum absolute atomic E-state index is 13.6. The van der Waals surface area contributed by atoms with Gasteiger partial charge in [-0.15, -0.1) is 0 Å². The molecule has 0 saturated carbocycles. The topological polar surface area (TPSA) is 103 Å². The SMILES string of the molecule is CC1CCCCN1C(=O)Cn1ccn2c(=O)c(OCc3ccccc3)c(C(=O)S[C@H](C=O)Cc3ccc(F)cc3)nc12. The quantitative estimate of drug-likeness (QED) is 0.254. The minimum atomic E-state index is -0.806. The summed E-state index contributed by atoms with van der Waals surface area (Å²) in [6.45, 7) is 2.67. The molecule has 42 heavy (non-hydrogen) atoms. The van der Waals surface area contributed by atoms with Crippen LogP contribution >= 0.6 is 11.8 Å². The van der Waals surface area contributed by atoms with Gasteiger partial charge in [0.25, 0.3) is 0 Å². The molecule has 218 valence electrons. The van der Waals surface area contributed by atoms with E-state index in [0.29, 0.717) is 18.4 Å². The van der Waals surface area contributed by atoms with Crippen molar-refractivity contribution < 1.29 is 23.5 Å². The molecule has 0 radical (unpaired) electrons. The molecule has 1 saturated heterocycles. The molecule has 2 atom stereocenters. The maximum atomic E-state index is 13.6. The molecule has 2 aromatic heterocycles. The van der Waals surface area contributed by atoms with E-state index in [-0.39, 0.29) is 48.7 Å². The second-order valence-electron chi connectivity index (χ2n) is 10.3. The van der Waals surface area contributed by atoms with Gasteiger partial charge in [0.05, 0.1) is 5.25 Å². The van der Waals surface area contributed by atoms with E-state index in [4.69, 9.17) is 4.74 Å². The lowest BCUT2D eigenvalue weighted by Crippen LogP contribution is -2.43. The summed E-state index contributed by atoms with van der Waals surface area (Å²) in [6, 6.07) is 15.0. The van der Waals surface area contributed by atoms with Gasteiger partial charge in [-0.05, 0) is 55.9 Å². The van der Waals surface area contributed by atoms with Crippen molar-refractivity contribution in [1.82, 2.24) is 18.9 Å². The van der Waals surface area contributed by atoms with E-state index >= 15 is 0 Å². The lowest BCUT2D eigenvalue weighted by Gasteiger charge is -2.33. The molecule has 0 aliphatic carbocycles. The maximum Gasteiger partial charge on any atom is 0.302 e. The molecule has 1 aliphatic rings. The number of hydrogen-bond acceptors (Lipinski definition) is 7. The van der Waals surface area contributed by atoms with Gasteiger partial charge in [-0.25, -0.2) is 13.8 Å². The minimum absolute atomic E-state index is 0.0213. The zero-order valence-electron chi connectivity index (χ0n) is 23.1. The molecule has 5 rings (SSSR count). The molecule has 0 bridgehead atoms. The first-order valence-corrected chi connectivity index (χ1v) is 14.7. The molecule has 0 spiro atoms. The van der Waals surface area contributed by atoms with Gasteiger partial charge in [-0.1, -0.05) is 54.2 Å². The first-order chi connectivity index (χ1) is 20.3. The third-order valence-electron chi connectivity index (χ3n) is 7.32. The summed E-state index contributed by atoms with van der Waals surface area (Å²) in [4.78, 5) is 58.7. The molecule has 0 N–H and O–H groups in total. The van der Waals surface area contributed by atoms with Crippen LogP contribution in [0.2, 0.25) is 0 Å². The molecule has 1 fully saturated rings. The zero-order valence-corrected chi connectivity index (χ0v) is 24.0. The minimum Gasteiger partial charge on any atom is -0.481 e. The Labute approximate surface area is 246 Å². The molecule has 9 nitrogen and oxygen atoms in total. The number of amides is 1. The molecule has 4 aromatic rings. The number of imidazole rings is 1. The predicted molar refractivity (Wildman–Crippen MR) is 157 cm³/mol. The van der Waals surface area contributed by atoms with Crippen LogP contribution in [0, 0.1) is 5.82 Å². The number of thioether (sulfide) groups is 1. The van der Waals surface area contributed by atoms with Crippen LogP contribution in [-0.2, 0) is 29.2 Å². The van der Waals surface area contributed by atoms with Gasteiger partial charge in [0.2, 0.25) is 22.5 Å². The molecule has 3 heterocycles. The van der Waals surface area contributed by atoms with E-state index in [1.54, 1.807) is 22.9 Å². The fraction of sp³-hybridized carbons (Fsp3) is 0.323. The van der Waals surface area contributed by atoms with Crippen molar-refractivity contribution in [2.75, 3.05) is 6.54 Å². The number of halogens is 1. The van der Waals surface area contributed by atoms with Crippen LogP contribution in [0.15, 0.2) is 71.8 Å². The lowest BCUT2D eigenvalue weighted by atomic mass is 10.0. The van der Waals surface area contributed by atoms with Crippen molar-refractivity contribution in [3.05, 3.63) is 100.0 Å². The zero-order chi connectivity index (χ0) is 29.6. The second-order valence-corrected chi connectivity index (χ2v) is 11.5. The normalized spacial score (nSPS) is 15.9. The smallest absolute Gasteiger partial charge is 0.302 e. The Kier molecular flexibility index (Phi) is 9.16. The summed E-state index contributed by atoms with van der Waals surface area (Å²) in [5.74, 6) is -0.620. The molecule has 2 aromatic carbocycles. The molecular formula is C31H31FN4O5S. The van der Waals surface area contributed by atoms with Crippen LogP contribution < -0.4 is 10.3 Å². The first-order valence-electron chi connectivity index (χ1n) is 13.8. The van der Waals surface area contributed by atoms with Gasteiger partial charge in [0.15, 0.2) is 5.69 Å². The van der Waals surface area contributed by atoms with E-state index in [0.717, 1.165) is 36.6 Å². The molecule has 1 aliphatic heterocycles. The van der Waals surface area contributed by atoms with E-state index in [1.807, 2.05) is 42.2 Å².